The van der Waals surface area contributed by atoms with Crippen molar-refractivity contribution in [1.29, 1.82) is 0 Å². The van der Waals surface area contributed by atoms with E-state index in [1.165, 1.54) is 12.8 Å². The van der Waals surface area contributed by atoms with E-state index in [1.54, 1.807) is 6.33 Å². The van der Waals surface area contributed by atoms with Crippen molar-refractivity contribution in [2.75, 3.05) is 30.4 Å². The zero-order chi connectivity index (χ0) is 11.0. The molecule has 0 spiro atoms. The molecular weight excluding hydrogens is 204 g/mol. The maximum atomic E-state index is 5.80. The molecule has 2 bridgehead atoms. The Morgan fingerprint density at radius 1 is 1.31 bits per heavy atom. The van der Waals surface area contributed by atoms with Crippen LogP contribution in [0.4, 0.5) is 11.6 Å². The molecule has 2 unspecified atom stereocenters. The summed E-state index contributed by atoms with van der Waals surface area (Å²) in [4.78, 5) is 10.8. The summed E-state index contributed by atoms with van der Waals surface area (Å²) in [5, 5.41) is 3.04. The maximum absolute atomic E-state index is 5.80. The Hall–Kier alpha value is -1.36. The van der Waals surface area contributed by atoms with Crippen molar-refractivity contribution in [1.82, 2.24) is 9.97 Å². The minimum absolute atomic E-state index is 0.395. The molecule has 1 N–H and O–H groups in total. The van der Waals surface area contributed by atoms with Crippen LogP contribution in [0.1, 0.15) is 12.8 Å². The van der Waals surface area contributed by atoms with Crippen molar-refractivity contribution in [3.8, 4) is 0 Å². The second-order valence-electron chi connectivity index (χ2n) is 4.37. The normalized spacial score (nSPS) is 28.2. The summed E-state index contributed by atoms with van der Waals surface area (Å²) in [5.74, 6) is 1.86. The van der Waals surface area contributed by atoms with Gasteiger partial charge in [-0.25, -0.2) is 9.97 Å². The van der Waals surface area contributed by atoms with E-state index < -0.39 is 0 Å². The van der Waals surface area contributed by atoms with Crippen molar-refractivity contribution in [3.63, 3.8) is 0 Å². The second-order valence-corrected chi connectivity index (χ2v) is 4.37. The minimum Gasteiger partial charge on any atom is -0.373 e. The number of hydrogen-bond acceptors (Lipinski definition) is 5. The summed E-state index contributed by atoms with van der Waals surface area (Å²) in [6, 6.07) is 1.99. The van der Waals surface area contributed by atoms with Gasteiger partial charge in [-0.3, -0.25) is 0 Å². The Morgan fingerprint density at radius 2 is 2.06 bits per heavy atom. The van der Waals surface area contributed by atoms with Crippen molar-refractivity contribution < 1.29 is 4.74 Å². The first-order chi connectivity index (χ1) is 7.85. The molecular formula is C11H16N4O. The largest absolute Gasteiger partial charge is 0.373 e. The molecule has 2 aliphatic rings. The van der Waals surface area contributed by atoms with Gasteiger partial charge in [0.25, 0.3) is 0 Å². The van der Waals surface area contributed by atoms with Crippen LogP contribution in [0.3, 0.4) is 0 Å². The molecule has 5 heteroatoms. The van der Waals surface area contributed by atoms with Crippen molar-refractivity contribution in [3.05, 3.63) is 12.4 Å². The third-order valence-corrected chi connectivity index (χ3v) is 3.28. The number of anilines is 2. The number of nitrogens with zero attached hydrogens (tertiary/aromatic N) is 3. The molecule has 2 atom stereocenters. The topological polar surface area (TPSA) is 50.3 Å². The third-order valence-electron chi connectivity index (χ3n) is 3.28. The molecule has 2 saturated heterocycles. The van der Waals surface area contributed by atoms with Crippen LogP contribution in [0.25, 0.3) is 0 Å². The first-order valence-electron chi connectivity index (χ1n) is 5.75. The van der Waals surface area contributed by atoms with Gasteiger partial charge in [-0.15, -0.1) is 0 Å². The second kappa shape index (κ2) is 3.90. The van der Waals surface area contributed by atoms with E-state index in [4.69, 9.17) is 4.74 Å². The number of fused-ring (bicyclic) bond motifs is 2. The van der Waals surface area contributed by atoms with Gasteiger partial charge in [0.15, 0.2) is 0 Å². The molecule has 0 aromatic carbocycles. The highest BCUT2D eigenvalue weighted by atomic mass is 16.5. The van der Waals surface area contributed by atoms with E-state index in [-0.39, 0.29) is 0 Å². The van der Waals surface area contributed by atoms with Crippen LogP contribution in [-0.2, 0) is 4.74 Å². The highest BCUT2D eigenvalue weighted by molar-refractivity contribution is 5.48. The predicted molar refractivity (Wildman–Crippen MR) is 61.7 cm³/mol. The first kappa shape index (κ1) is 9.84. The Kier molecular flexibility index (Phi) is 2.40. The van der Waals surface area contributed by atoms with Crippen LogP contribution in [0.5, 0.6) is 0 Å². The first-order valence-corrected chi connectivity index (χ1v) is 5.75. The molecule has 2 fully saturated rings. The van der Waals surface area contributed by atoms with E-state index in [1.807, 2.05) is 13.1 Å². The monoisotopic (exact) mass is 220 g/mol. The van der Waals surface area contributed by atoms with Gasteiger partial charge in [0.05, 0.1) is 12.2 Å². The Labute approximate surface area is 94.8 Å². The lowest BCUT2D eigenvalue weighted by atomic mass is 10.2. The minimum atomic E-state index is 0.395. The quantitative estimate of drug-likeness (QED) is 0.802. The number of hydrogen-bond donors (Lipinski definition) is 1. The van der Waals surface area contributed by atoms with Crippen LogP contribution in [0.2, 0.25) is 0 Å². The van der Waals surface area contributed by atoms with Gasteiger partial charge >= 0.3 is 0 Å². The number of nitrogens with one attached hydrogen (secondary N) is 1. The standard InChI is InChI=1S/C11H16N4O/c1-12-10-4-11(14-7-13-10)15-5-8-2-3-9(6-15)16-8/h4,7-9H,2-3,5-6H2,1H3,(H,12,13,14). The van der Waals surface area contributed by atoms with Crippen LogP contribution in [0, 0.1) is 0 Å². The van der Waals surface area contributed by atoms with E-state index in [0.717, 1.165) is 24.7 Å². The lowest BCUT2D eigenvalue weighted by Gasteiger charge is -2.32. The number of ether oxygens (including phenoxy) is 1. The Balaban J connectivity index is 1.81. The lowest BCUT2D eigenvalue weighted by Crippen LogP contribution is -2.43. The van der Waals surface area contributed by atoms with Gasteiger partial charge in [0.1, 0.15) is 18.0 Å². The summed E-state index contributed by atoms with van der Waals surface area (Å²) < 4.78 is 5.80. The van der Waals surface area contributed by atoms with Gasteiger partial charge in [-0.05, 0) is 12.8 Å². The van der Waals surface area contributed by atoms with Gasteiger partial charge in [-0.2, -0.15) is 0 Å². The van der Waals surface area contributed by atoms with Crippen LogP contribution in [0.15, 0.2) is 12.4 Å². The highest BCUT2D eigenvalue weighted by Gasteiger charge is 2.34. The maximum Gasteiger partial charge on any atom is 0.134 e. The SMILES string of the molecule is CNc1cc(N2CC3CCC(C2)O3)ncn1. The molecule has 3 rings (SSSR count). The molecule has 1 aromatic rings. The molecule has 0 radical (unpaired) electrons. The summed E-state index contributed by atoms with van der Waals surface area (Å²) in [5.41, 5.74) is 0. The average molecular weight is 220 g/mol. The molecule has 1 aromatic heterocycles. The molecule has 16 heavy (non-hydrogen) atoms. The van der Waals surface area contributed by atoms with Gasteiger partial charge in [0.2, 0.25) is 0 Å². The van der Waals surface area contributed by atoms with E-state index >= 15 is 0 Å². The van der Waals surface area contributed by atoms with Crippen LogP contribution < -0.4 is 10.2 Å². The van der Waals surface area contributed by atoms with Crippen molar-refractivity contribution >= 4 is 11.6 Å². The van der Waals surface area contributed by atoms with Gasteiger partial charge < -0.3 is 15.0 Å². The fraction of sp³-hybridized carbons (Fsp3) is 0.636. The van der Waals surface area contributed by atoms with Crippen molar-refractivity contribution in [2.24, 2.45) is 0 Å². The zero-order valence-electron chi connectivity index (χ0n) is 9.39. The van der Waals surface area contributed by atoms with Crippen molar-refractivity contribution in [2.45, 2.75) is 25.0 Å². The summed E-state index contributed by atoms with van der Waals surface area (Å²) in [6.45, 7) is 1.91. The summed E-state index contributed by atoms with van der Waals surface area (Å²) in [6.07, 6.45) is 4.77. The fourth-order valence-electron chi connectivity index (χ4n) is 2.46. The smallest absolute Gasteiger partial charge is 0.134 e. The molecule has 86 valence electrons. The number of aromatic nitrogens is 2. The van der Waals surface area contributed by atoms with E-state index in [2.05, 4.69) is 20.2 Å². The molecule has 2 aliphatic heterocycles. The lowest BCUT2D eigenvalue weighted by molar-refractivity contribution is 0.0302. The van der Waals surface area contributed by atoms with Gasteiger partial charge in [-0.1, -0.05) is 0 Å². The fourth-order valence-corrected chi connectivity index (χ4v) is 2.46. The molecule has 5 nitrogen and oxygen atoms in total. The van der Waals surface area contributed by atoms with Crippen LogP contribution >= 0.6 is 0 Å². The Morgan fingerprint density at radius 3 is 2.75 bits per heavy atom. The highest BCUT2D eigenvalue weighted by Crippen LogP contribution is 2.28. The zero-order valence-corrected chi connectivity index (χ0v) is 9.39. The van der Waals surface area contributed by atoms with Gasteiger partial charge in [0, 0.05) is 26.2 Å². The molecule has 3 heterocycles. The van der Waals surface area contributed by atoms with E-state index in [0.29, 0.717) is 12.2 Å². The van der Waals surface area contributed by atoms with E-state index in [9.17, 15) is 0 Å². The summed E-state index contributed by atoms with van der Waals surface area (Å²) >= 11 is 0. The molecule has 0 aliphatic carbocycles. The third kappa shape index (κ3) is 1.71. The van der Waals surface area contributed by atoms with Crippen LogP contribution in [-0.4, -0.2) is 42.3 Å². The molecule has 0 amide bonds. The number of morpholine rings is 1. The average Bonchev–Trinajstić information content (AvgIpc) is 2.68. The Bertz CT molecular complexity index is 372. The molecule has 0 saturated carbocycles. The number of rotatable bonds is 2. The predicted octanol–water partition coefficient (Wildman–Crippen LogP) is 0.886. The summed E-state index contributed by atoms with van der Waals surface area (Å²) in [7, 11) is 1.87.